The number of nitrogens with zero attached hydrogens (tertiary/aromatic N) is 1. The molecule has 0 radical (unpaired) electrons. The van der Waals surface area contributed by atoms with Crippen LogP contribution in [0.5, 0.6) is 5.75 Å². The van der Waals surface area contributed by atoms with E-state index in [4.69, 9.17) is 0 Å². The van der Waals surface area contributed by atoms with Crippen molar-refractivity contribution in [1.29, 1.82) is 0 Å². The van der Waals surface area contributed by atoms with E-state index in [9.17, 15) is 10.2 Å². The number of benzene rings is 1. The Morgan fingerprint density at radius 2 is 2.04 bits per heavy atom. The highest BCUT2D eigenvalue weighted by atomic mass is 16.3. The van der Waals surface area contributed by atoms with Crippen molar-refractivity contribution >= 4 is 0 Å². The highest BCUT2D eigenvalue weighted by molar-refractivity contribution is 5.41. The van der Waals surface area contributed by atoms with Crippen molar-refractivity contribution in [2.75, 3.05) is 13.1 Å². The standard InChI is InChI=1S/C23H37NO2/c1-5-7-8-9-13-23(3,4)18-10-11-20(22(26)16-18)21-17-19(25)12-15-24(21)14-6-2/h6,10-11,16,19,21,25-26H,2,5,7-9,12-15,17H2,1,3-4H3. The molecule has 1 aromatic carbocycles. The summed E-state index contributed by atoms with van der Waals surface area (Å²) in [6.07, 6.45) is 9.25. The Morgan fingerprint density at radius 1 is 1.27 bits per heavy atom. The largest absolute Gasteiger partial charge is 0.508 e. The van der Waals surface area contributed by atoms with E-state index in [2.05, 4.69) is 44.4 Å². The molecule has 0 spiro atoms. The average Bonchev–Trinajstić information content (AvgIpc) is 2.60. The predicted octanol–water partition coefficient (Wildman–Crippen LogP) is 5.32. The molecule has 2 atom stereocenters. The molecule has 2 rings (SSSR count). The van der Waals surface area contributed by atoms with Gasteiger partial charge >= 0.3 is 0 Å². The molecule has 26 heavy (non-hydrogen) atoms. The zero-order valence-corrected chi connectivity index (χ0v) is 16.9. The van der Waals surface area contributed by atoms with Gasteiger partial charge < -0.3 is 10.2 Å². The SMILES string of the molecule is C=CCN1CCC(O)CC1c1ccc(C(C)(C)CCCCCC)cc1O. The maximum absolute atomic E-state index is 10.8. The maximum atomic E-state index is 10.8. The van der Waals surface area contributed by atoms with Crippen molar-refractivity contribution in [2.24, 2.45) is 0 Å². The van der Waals surface area contributed by atoms with Gasteiger partial charge in [-0.25, -0.2) is 0 Å². The van der Waals surface area contributed by atoms with Gasteiger partial charge in [-0.1, -0.05) is 64.7 Å². The van der Waals surface area contributed by atoms with Gasteiger partial charge in [0.1, 0.15) is 5.75 Å². The lowest BCUT2D eigenvalue weighted by Crippen LogP contribution is -2.38. The van der Waals surface area contributed by atoms with E-state index in [1.54, 1.807) is 0 Å². The lowest BCUT2D eigenvalue weighted by Gasteiger charge is -2.38. The first-order valence-electron chi connectivity index (χ1n) is 10.3. The zero-order chi connectivity index (χ0) is 19.2. The van der Waals surface area contributed by atoms with Crippen LogP contribution in [0.4, 0.5) is 0 Å². The van der Waals surface area contributed by atoms with E-state index in [1.165, 1.54) is 31.2 Å². The van der Waals surface area contributed by atoms with Gasteiger partial charge in [-0.15, -0.1) is 6.58 Å². The number of phenols is 1. The van der Waals surface area contributed by atoms with Crippen LogP contribution in [0.25, 0.3) is 0 Å². The Kier molecular flexibility index (Phi) is 7.72. The predicted molar refractivity (Wildman–Crippen MR) is 110 cm³/mol. The third-order valence-corrected chi connectivity index (χ3v) is 5.88. The summed E-state index contributed by atoms with van der Waals surface area (Å²) in [6, 6.07) is 6.24. The van der Waals surface area contributed by atoms with Gasteiger partial charge in [0.2, 0.25) is 0 Å². The molecule has 2 N–H and O–H groups in total. The third-order valence-electron chi connectivity index (χ3n) is 5.88. The van der Waals surface area contributed by atoms with Crippen LogP contribution in [-0.4, -0.2) is 34.3 Å². The Bertz CT molecular complexity index is 582. The van der Waals surface area contributed by atoms with Gasteiger partial charge in [-0.2, -0.15) is 0 Å². The summed E-state index contributed by atoms with van der Waals surface area (Å²) < 4.78 is 0. The fourth-order valence-electron chi connectivity index (χ4n) is 4.09. The minimum Gasteiger partial charge on any atom is -0.508 e. The molecule has 0 bridgehead atoms. The van der Waals surface area contributed by atoms with E-state index in [1.807, 2.05) is 12.1 Å². The van der Waals surface area contributed by atoms with Crippen molar-refractivity contribution in [3.63, 3.8) is 0 Å². The van der Waals surface area contributed by atoms with Crippen LogP contribution >= 0.6 is 0 Å². The van der Waals surface area contributed by atoms with Crippen LogP contribution in [-0.2, 0) is 5.41 Å². The van der Waals surface area contributed by atoms with Crippen LogP contribution in [0.3, 0.4) is 0 Å². The van der Waals surface area contributed by atoms with Gasteiger partial charge in [-0.3, -0.25) is 4.90 Å². The molecule has 146 valence electrons. The highest BCUT2D eigenvalue weighted by Crippen LogP contribution is 2.39. The number of hydrogen-bond donors (Lipinski definition) is 2. The van der Waals surface area contributed by atoms with E-state index >= 15 is 0 Å². The minimum atomic E-state index is -0.296. The Hall–Kier alpha value is -1.32. The first-order chi connectivity index (χ1) is 12.4. The lowest BCUT2D eigenvalue weighted by molar-refractivity contribution is 0.0464. The molecule has 0 aliphatic carbocycles. The first kappa shape index (κ1) is 21.0. The molecule has 1 saturated heterocycles. The number of likely N-dealkylation sites (tertiary alicyclic amines) is 1. The summed E-state index contributed by atoms with van der Waals surface area (Å²) in [4.78, 5) is 2.30. The summed E-state index contributed by atoms with van der Waals surface area (Å²) >= 11 is 0. The third kappa shape index (κ3) is 5.34. The Balaban J connectivity index is 2.15. The monoisotopic (exact) mass is 359 g/mol. The first-order valence-corrected chi connectivity index (χ1v) is 10.3. The van der Waals surface area contributed by atoms with Crippen LogP contribution in [0, 0.1) is 0 Å². The average molecular weight is 360 g/mol. The molecular formula is C23H37NO2. The topological polar surface area (TPSA) is 43.7 Å². The summed E-state index contributed by atoms with van der Waals surface area (Å²) in [6.45, 7) is 12.2. The second-order valence-corrected chi connectivity index (χ2v) is 8.45. The molecule has 1 aromatic rings. The summed E-state index contributed by atoms with van der Waals surface area (Å²) in [7, 11) is 0. The molecule has 3 nitrogen and oxygen atoms in total. The number of rotatable bonds is 9. The van der Waals surface area contributed by atoms with Crippen molar-refractivity contribution in [2.45, 2.75) is 83.3 Å². The second-order valence-electron chi connectivity index (χ2n) is 8.45. The fourth-order valence-corrected chi connectivity index (χ4v) is 4.09. The number of aliphatic hydroxyl groups is 1. The summed E-state index contributed by atoms with van der Waals surface area (Å²) in [5, 5.41) is 20.9. The van der Waals surface area contributed by atoms with E-state index in [0.717, 1.165) is 31.5 Å². The molecule has 0 amide bonds. The fraction of sp³-hybridized carbons (Fsp3) is 0.652. The van der Waals surface area contributed by atoms with Gasteiger partial charge in [0.15, 0.2) is 0 Å². The summed E-state index contributed by atoms with van der Waals surface area (Å²) in [5.41, 5.74) is 2.19. The Morgan fingerprint density at radius 3 is 2.69 bits per heavy atom. The van der Waals surface area contributed by atoms with Crippen molar-refractivity contribution < 1.29 is 10.2 Å². The number of unbranched alkanes of at least 4 members (excludes halogenated alkanes) is 3. The van der Waals surface area contributed by atoms with Gasteiger partial charge in [-0.05, 0) is 36.3 Å². The molecule has 0 saturated carbocycles. The molecule has 1 heterocycles. The molecule has 1 aliphatic heterocycles. The number of hydrogen-bond acceptors (Lipinski definition) is 3. The molecular weight excluding hydrogens is 322 g/mol. The highest BCUT2D eigenvalue weighted by Gasteiger charge is 2.30. The normalized spacial score (nSPS) is 21.7. The number of piperidine rings is 1. The lowest BCUT2D eigenvalue weighted by atomic mass is 9.79. The van der Waals surface area contributed by atoms with Crippen molar-refractivity contribution in [1.82, 2.24) is 4.90 Å². The van der Waals surface area contributed by atoms with Gasteiger partial charge in [0.05, 0.1) is 6.10 Å². The minimum absolute atomic E-state index is 0.0541. The summed E-state index contributed by atoms with van der Waals surface area (Å²) in [5.74, 6) is 0.359. The number of aliphatic hydroxyl groups excluding tert-OH is 1. The second kappa shape index (κ2) is 9.57. The van der Waals surface area contributed by atoms with Gasteiger partial charge in [0.25, 0.3) is 0 Å². The molecule has 1 fully saturated rings. The van der Waals surface area contributed by atoms with Crippen LogP contribution in [0.2, 0.25) is 0 Å². The molecule has 1 aliphatic rings. The molecule has 3 heteroatoms. The zero-order valence-electron chi connectivity index (χ0n) is 16.9. The van der Waals surface area contributed by atoms with Gasteiger partial charge in [0, 0.05) is 24.7 Å². The number of aromatic hydroxyl groups is 1. The van der Waals surface area contributed by atoms with Crippen LogP contribution < -0.4 is 0 Å². The van der Waals surface area contributed by atoms with Crippen LogP contribution in [0.1, 0.15) is 82.9 Å². The van der Waals surface area contributed by atoms with Crippen molar-refractivity contribution in [3.05, 3.63) is 42.0 Å². The van der Waals surface area contributed by atoms with Crippen molar-refractivity contribution in [3.8, 4) is 5.75 Å². The van der Waals surface area contributed by atoms with E-state index < -0.39 is 0 Å². The quantitative estimate of drug-likeness (QED) is 0.463. The smallest absolute Gasteiger partial charge is 0.120 e. The van der Waals surface area contributed by atoms with E-state index in [0.29, 0.717) is 12.2 Å². The maximum Gasteiger partial charge on any atom is 0.120 e. The molecule has 2 unspecified atom stereocenters. The molecule has 0 aromatic heterocycles. The van der Waals surface area contributed by atoms with E-state index in [-0.39, 0.29) is 17.6 Å². The number of phenolic OH excluding ortho intramolecular Hbond substituents is 1. The Labute approximate surface area is 159 Å². The van der Waals surface area contributed by atoms with Crippen LogP contribution in [0.15, 0.2) is 30.9 Å².